The third-order valence-electron chi connectivity index (χ3n) is 2.43. The van der Waals surface area contributed by atoms with Crippen LogP contribution in [0.2, 0.25) is 0 Å². The van der Waals surface area contributed by atoms with E-state index in [4.69, 9.17) is 9.47 Å². The fraction of sp³-hybridized carbons (Fsp3) is 0.364. The fourth-order valence-corrected chi connectivity index (χ4v) is 1.52. The maximum absolute atomic E-state index is 11.5. The molecule has 1 aliphatic rings. The molecule has 0 bridgehead atoms. The molecule has 0 aromatic heterocycles. The zero-order valence-electron chi connectivity index (χ0n) is 8.80. The first-order chi connectivity index (χ1) is 7.72. The number of hydrogen-bond acceptors (Lipinski definition) is 5. The minimum absolute atomic E-state index is 0.0623. The molecule has 5 nitrogen and oxygen atoms in total. The Morgan fingerprint density at radius 3 is 2.81 bits per heavy atom. The number of hydrogen-bond donors (Lipinski definition) is 1. The Morgan fingerprint density at radius 2 is 2.19 bits per heavy atom. The topological polar surface area (TPSA) is 65.0 Å². The van der Waals surface area contributed by atoms with Crippen LogP contribution in [0.15, 0.2) is 24.3 Å². The molecule has 0 saturated heterocycles. The molecule has 1 aliphatic heterocycles. The number of ether oxygens (including phenoxy) is 3. The average Bonchev–Trinajstić information content (AvgIpc) is 2.37. The summed E-state index contributed by atoms with van der Waals surface area (Å²) >= 11 is 0. The molecule has 2 rings (SSSR count). The highest BCUT2D eigenvalue weighted by molar-refractivity contribution is 5.81. The minimum atomic E-state index is -1.46. The summed E-state index contributed by atoms with van der Waals surface area (Å²) in [6, 6.07) is 6.95. The van der Waals surface area contributed by atoms with Gasteiger partial charge in [0.25, 0.3) is 5.60 Å². The molecular weight excluding hydrogens is 212 g/mol. The van der Waals surface area contributed by atoms with Gasteiger partial charge in [-0.3, -0.25) is 0 Å². The maximum Gasteiger partial charge on any atom is 0.356 e. The average molecular weight is 224 g/mol. The number of esters is 1. The van der Waals surface area contributed by atoms with Crippen molar-refractivity contribution in [3.63, 3.8) is 0 Å². The predicted molar refractivity (Wildman–Crippen MR) is 54.4 cm³/mol. The number of methoxy groups -OCH3 is 1. The van der Waals surface area contributed by atoms with Crippen LogP contribution in [0.25, 0.3) is 0 Å². The van der Waals surface area contributed by atoms with Gasteiger partial charge in [0.05, 0.1) is 13.7 Å². The second-order valence-corrected chi connectivity index (χ2v) is 3.48. The number of fused-ring (bicyclic) bond motifs is 1. The SMILES string of the molecule is COC(=O)C1(CO)COc2ccccc2O1. The van der Waals surface area contributed by atoms with Crippen LogP contribution in [0.5, 0.6) is 11.5 Å². The van der Waals surface area contributed by atoms with Crippen molar-refractivity contribution in [2.45, 2.75) is 5.60 Å². The molecule has 0 saturated carbocycles. The number of para-hydroxylation sites is 2. The van der Waals surface area contributed by atoms with Gasteiger partial charge in [0.2, 0.25) is 0 Å². The van der Waals surface area contributed by atoms with E-state index in [0.29, 0.717) is 11.5 Å². The number of carbonyl (C=O) groups is 1. The van der Waals surface area contributed by atoms with E-state index < -0.39 is 18.2 Å². The van der Waals surface area contributed by atoms with Crippen molar-refractivity contribution in [3.8, 4) is 11.5 Å². The van der Waals surface area contributed by atoms with Gasteiger partial charge in [-0.15, -0.1) is 0 Å². The van der Waals surface area contributed by atoms with E-state index in [1.807, 2.05) is 0 Å². The van der Waals surface area contributed by atoms with Crippen molar-refractivity contribution < 1.29 is 24.1 Å². The Balaban J connectivity index is 2.32. The van der Waals surface area contributed by atoms with Crippen LogP contribution in [-0.2, 0) is 9.53 Å². The molecular formula is C11H12O5. The van der Waals surface area contributed by atoms with Gasteiger partial charge in [-0.2, -0.15) is 0 Å². The van der Waals surface area contributed by atoms with Crippen LogP contribution in [0.4, 0.5) is 0 Å². The Hall–Kier alpha value is -1.75. The monoisotopic (exact) mass is 224 g/mol. The molecule has 1 unspecified atom stereocenters. The Labute approximate surface area is 92.5 Å². The summed E-state index contributed by atoms with van der Waals surface area (Å²) in [6.45, 7) is -0.554. The van der Waals surface area contributed by atoms with Gasteiger partial charge in [0.15, 0.2) is 11.5 Å². The molecule has 0 fully saturated rings. The van der Waals surface area contributed by atoms with E-state index in [2.05, 4.69) is 4.74 Å². The normalized spacial score (nSPS) is 22.6. The number of aliphatic hydroxyl groups excluding tert-OH is 1. The molecule has 0 radical (unpaired) electrons. The maximum atomic E-state index is 11.5. The first-order valence-electron chi connectivity index (χ1n) is 4.82. The Morgan fingerprint density at radius 1 is 1.50 bits per heavy atom. The van der Waals surface area contributed by atoms with Crippen molar-refractivity contribution in [2.75, 3.05) is 20.3 Å². The van der Waals surface area contributed by atoms with Gasteiger partial charge in [0.1, 0.15) is 6.61 Å². The largest absolute Gasteiger partial charge is 0.485 e. The van der Waals surface area contributed by atoms with E-state index in [9.17, 15) is 9.90 Å². The van der Waals surface area contributed by atoms with Gasteiger partial charge in [-0.25, -0.2) is 4.79 Å². The molecule has 1 N–H and O–H groups in total. The lowest BCUT2D eigenvalue weighted by molar-refractivity contribution is -0.168. The summed E-state index contributed by atoms with van der Waals surface area (Å²) in [5, 5.41) is 9.26. The molecule has 1 aromatic carbocycles. The third-order valence-corrected chi connectivity index (χ3v) is 2.43. The van der Waals surface area contributed by atoms with Crippen LogP contribution in [0, 0.1) is 0 Å². The highest BCUT2D eigenvalue weighted by Crippen LogP contribution is 2.35. The molecule has 1 atom stereocenters. The second-order valence-electron chi connectivity index (χ2n) is 3.48. The number of benzene rings is 1. The molecule has 16 heavy (non-hydrogen) atoms. The Bertz CT molecular complexity index is 403. The summed E-state index contributed by atoms with van der Waals surface area (Å²) in [5.74, 6) is 0.327. The summed E-state index contributed by atoms with van der Waals surface area (Å²) in [7, 11) is 1.24. The highest BCUT2D eigenvalue weighted by Gasteiger charge is 2.46. The van der Waals surface area contributed by atoms with E-state index in [-0.39, 0.29) is 6.61 Å². The fourth-order valence-electron chi connectivity index (χ4n) is 1.52. The molecule has 1 aromatic rings. The molecule has 1 heterocycles. The number of carbonyl (C=O) groups excluding carboxylic acids is 1. The first-order valence-corrected chi connectivity index (χ1v) is 4.82. The van der Waals surface area contributed by atoms with Crippen LogP contribution < -0.4 is 9.47 Å². The summed E-state index contributed by atoms with van der Waals surface area (Å²) in [4.78, 5) is 11.5. The van der Waals surface area contributed by atoms with Gasteiger partial charge >= 0.3 is 5.97 Å². The second kappa shape index (κ2) is 4.02. The van der Waals surface area contributed by atoms with Crippen molar-refractivity contribution >= 4 is 5.97 Å². The molecule has 5 heteroatoms. The lowest BCUT2D eigenvalue weighted by Gasteiger charge is -2.34. The smallest absolute Gasteiger partial charge is 0.356 e. The third kappa shape index (κ3) is 1.59. The summed E-state index contributed by atoms with van der Waals surface area (Å²) in [5.41, 5.74) is -1.46. The van der Waals surface area contributed by atoms with Gasteiger partial charge < -0.3 is 19.3 Å². The van der Waals surface area contributed by atoms with E-state index >= 15 is 0 Å². The minimum Gasteiger partial charge on any atom is -0.485 e. The van der Waals surface area contributed by atoms with Crippen LogP contribution in [-0.4, -0.2) is 37.0 Å². The zero-order chi connectivity index (χ0) is 11.6. The van der Waals surface area contributed by atoms with Gasteiger partial charge in [-0.1, -0.05) is 12.1 Å². The van der Waals surface area contributed by atoms with Crippen LogP contribution >= 0.6 is 0 Å². The molecule has 86 valence electrons. The molecule has 0 spiro atoms. The lowest BCUT2D eigenvalue weighted by Crippen LogP contribution is -2.55. The van der Waals surface area contributed by atoms with Crippen LogP contribution in [0.3, 0.4) is 0 Å². The number of rotatable bonds is 2. The first kappa shape index (κ1) is 10.8. The van der Waals surface area contributed by atoms with Gasteiger partial charge in [-0.05, 0) is 12.1 Å². The highest BCUT2D eigenvalue weighted by atomic mass is 16.6. The van der Waals surface area contributed by atoms with Crippen molar-refractivity contribution in [1.29, 1.82) is 0 Å². The van der Waals surface area contributed by atoms with Crippen molar-refractivity contribution in [1.82, 2.24) is 0 Å². The molecule has 0 amide bonds. The van der Waals surface area contributed by atoms with Crippen LogP contribution in [0.1, 0.15) is 0 Å². The quantitative estimate of drug-likeness (QED) is 0.735. The van der Waals surface area contributed by atoms with Crippen molar-refractivity contribution in [2.24, 2.45) is 0 Å². The summed E-state index contributed by atoms with van der Waals surface area (Å²) in [6.07, 6.45) is 0. The Kier molecular flexibility index (Phi) is 2.70. The van der Waals surface area contributed by atoms with E-state index in [1.165, 1.54) is 7.11 Å². The lowest BCUT2D eigenvalue weighted by atomic mass is 10.1. The standard InChI is InChI=1S/C11H12O5/c1-14-10(13)11(6-12)7-15-8-4-2-3-5-9(8)16-11/h2-5,12H,6-7H2,1H3. The van der Waals surface area contributed by atoms with Gasteiger partial charge in [0, 0.05) is 0 Å². The predicted octanol–water partition coefficient (Wildman–Crippen LogP) is 0.362. The van der Waals surface area contributed by atoms with Crippen molar-refractivity contribution in [3.05, 3.63) is 24.3 Å². The molecule has 0 aliphatic carbocycles. The number of aliphatic hydroxyl groups is 1. The zero-order valence-corrected chi connectivity index (χ0v) is 8.80. The van der Waals surface area contributed by atoms with E-state index in [1.54, 1.807) is 24.3 Å². The summed E-state index contributed by atoms with van der Waals surface area (Å²) < 4.78 is 15.4. The van der Waals surface area contributed by atoms with E-state index in [0.717, 1.165) is 0 Å².